The van der Waals surface area contributed by atoms with Crippen LogP contribution in [0.4, 0.5) is 0 Å². The van der Waals surface area contributed by atoms with Crippen molar-refractivity contribution < 1.29 is 0 Å². The average Bonchev–Trinajstić information content (AvgIpc) is 3.39. The Morgan fingerprint density at radius 3 is 2.39 bits per heavy atom. The zero-order valence-electron chi connectivity index (χ0n) is 18.4. The average molecular weight is 442 g/mol. The number of hydrogen-bond acceptors (Lipinski definition) is 1. The number of benzene rings is 4. The van der Waals surface area contributed by atoms with Crippen LogP contribution in [-0.2, 0) is 0 Å². The van der Waals surface area contributed by atoms with Crippen molar-refractivity contribution in [2.75, 3.05) is 0 Å². The Balaban J connectivity index is 1.42. The van der Waals surface area contributed by atoms with Crippen LogP contribution in [0.25, 0.3) is 33.1 Å². The van der Waals surface area contributed by atoms with E-state index < -0.39 is 0 Å². The molecule has 1 aliphatic heterocycles. The van der Waals surface area contributed by atoms with E-state index in [1.807, 2.05) is 11.8 Å². The largest absolute Gasteiger partial charge is 0.309 e. The van der Waals surface area contributed by atoms with Gasteiger partial charge in [-0.3, -0.25) is 0 Å². The van der Waals surface area contributed by atoms with Crippen molar-refractivity contribution in [1.82, 2.24) is 4.57 Å². The monoisotopic (exact) mass is 441 g/mol. The highest BCUT2D eigenvalue weighted by molar-refractivity contribution is 8.00. The van der Waals surface area contributed by atoms with E-state index in [4.69, 9.17) is 0 Å². The molecule has 2 heterocycles. The fraction of sp³-hybridized carbons (Fsp3) is 0.0968. The van der Waals surface area contributed by atoms with Gasteiger partial charge in [-0.2, -0.15) is 0 Å². The van der Waals surface area contributed by atoms with Crippen LogP contribution in [-0.4, -0.2) is 9.82 Å². The van der Waals surface area contributed by atoms with Gasteiger partial charge in [0.2, 0.25) is 0 Å². The summed E-state index contributed by atoms with van der Waals surface area (Å²) in [6.45, 7) is 2.18. The number of rotatable bonds is 2. The van der Waals surface area contributed by atoms with E-state index in [0.717, 1.165) is 0 Å². The lowest BCUT2D eigenvalue weighted by Crippen LogP contribution is -2.08. The smallest absolute Gasteiger partial charge is 0.0541 e. The van der Waals surface area contributed by atoms with Gasteiger partial charge in [0.25, 0.3) is 0 Å². The predicted octanol–water partition coefficient (Wildman–Crippen LogP) is 8.30. The summed E-state index contributed by atoms with van der Waals surface area (Å²) in [5.74, 6) is 0.454. The van der Waals surface area contributed by atoms with Gasteiger partial charge in [-0.15, -0.1) is 11.8 Å². The first-order valence-corrected chi connectivity index (χ1v) is 12.4. The minimum Gasteiger partial charge on any atom is -0.309 e. The van der Waals surface area contributed by atoms with Gasteiger partial charge in [-0.25, -0.2) is 0 Å². The maximum Gasteiger partial charge on any atom is 0.0541 e. The van der Waals surface area contributed by atoms with Gasteiger partial charge >= 0.3 is 0 Å². The fourth-order valence-electron chi connectivity index (χ4n) is 5.42. The summed E-state index contributed by atoms with van der Waals surface area (Å²) in [5, 5.41) is 3.14. The number of hydrogen-bond donors (Lipinski definition) is 0. The van der Waals surface area contributed by atoms with E-state index in [2.05, 4.69) is 121 Å². The van der Waals surface area contributed by atoms with Gasteiger partial charge in [0.15, 0.2) is 0 Å². The summed E-state index contributed by atoms with van der Waals surface area (Å²) < 4.78 is 2.39. The van der Waals surface area contributed by atoms with Crippen LogP contribution in [0.15, 0.2) is 114 Å². The lowest BCUT2D eigenvalue weighted by Gasteiger charge is -2.19. The first-order valence-electron chi connectivity index (χ1n) is 11.5. The molecule has 4 aromatic carbocycles. The van der Waals surface area contributed by atoms with Crippen LogP contribution in [0.1, 0.15) is 22.6 Å². The lowest BCUT2D eigenvalue weighted by atomic mass is 9.87. The summed E-state index contributed by atoms with van der Waals surface area (Å²) in [6, 6.07) is 33.3. The van der Waals surface area contributed by atoms with Gasteiger partial charge in [0, 0.05) is 32.5 Å². The molecule has 2 unspecified atom stereocenters. The molecule has 1 aromatic heterocycles. The molecule has 0 saturated heterocycles. The number of thioether (sulfide) groups is 1. The van der Waals surface area contributed by atoms with Gasteiger partial charge in [-0.1, -0.05) is 72.3 Å². The molecule has 0 radical (unpaired) electrons. The highest BCUT2D eigenvalue weighted by atomic mass is 32.2. The first-order chi connectivity index (χ1) is 16.3. The number of aryl methyl sites for hydroxylation is 1. The SMILES string of the molecule is Cc1ccc2c(c1)c1cc(C3=CC4c5ccccc5SC4C=C3)ccc1n2-c1ccccc1. The Hall–Kier alpha value is -3.49. The molecule has 0 fully saturated rings. The second kappa shape index (κ2) is 7.26. The summed E-state index contributed by atoms with van der Waals surface area (Å²) in [5.41, 5.74) is 9.09. The zero-order valence-corrected chi connectivity index (χ0v) is 19.2. The van der Waals surface area contributed by atoms with E-state index in [-0.39, 0.29) is 0 Å². The summed E-state index contributed by atoms with van der Waals surface area (Å²) >= 11 is 1.99. The molecule has 1 aliphatic carbocycles. The molecule has 33 heavy (non-hydrogen) atoms. The van der Waals surface area contributed by atoms with Crippen LogP contribution in [0, 0.1) is 6.92 Å². The standard InChI is InChI=1S/C31H23NS/c1-20-11-14-28-25(17-20)26-18-21(12-15-29(26)32(28)23-7-3-2-4-8-23)22-13-16-31-27(19-22)24-9-5-6-10-30(24)33-31/h2-19,27,31H,1H3. The number of fused-ring (bicyclic) bond motifs is 6. The molecule has 0 spiro atoms. The van der Waals surface area contributed by atoms with Crippen LogP contribution in [0.5, 0.6) is 0 Å². The molecular formula is C31H23NS. The topological polar surface area (TPSA) is 4.93 Å². The minimum atomic E-state index is 0.454. The Labute approximate surface area is 198 Å². The molecule has 0 bridgehead atoms. The molecule has 0 saturated carbocycles. The molecule has 0 N–H and O–H groups in total. The summed E-state index contributed by atoms with van der Waals surface area (Å²) in [7, 11) is 0. The van der Waals surface area contributed by atoms with Crippen molar-refractivity contribution in [3.8, 4) is 5.69 Å². The second-order valence-electron chi connectivity index (χ2n) is 9.05. The van der Waals surface area contributed by atoms with Crippen molar-refractivity contribution >= 4 is 39.1 Å². The van der Waals surface area contributed by atoms with E-state index in [0.29, 0.717) is 11.2 Å². The zero-order chi connectivity index (χ0) is 21.9. The molecule has 2 heteroatoms. The molecule has 0 amide bonds. The van der Waals surface area contributed by atoms with E-state index in [1.165, 1.54) is 54.7 Å². The number of allylic oxidation sites excluding steroid dienone is 3. The minimum absolute atomic E-state index is 0.454. The van der Waals surface area contributed by atoms with Gasteiger partial charge < -0.3 is 4.57 Å². The van der Waals surface area contributed by atoms with Gasteiger partial charge in [-0.05, 0) is 66.1 Å². The maximum absolute atomic E-state index is 2.48. The third kappa shape index (κ3) is 2.94. The molecule has 2 aliphatic rings. The summed E-state index contributed by atoms with van der Waals surface area (Å²) in [6.07, 6.45) is 7.20. The second-order valence-corrected chi connectivity index (χ2v) is 10.3. The lowest BCUT2D eigenvalue weighted by molar-refractivity contribution is 0.884. The molecule has 1 nitrogen and oxygen atoms in total. The molecule has 5 aromatic rings. The maximum atomic E-state index is 2.48. The number of aromatic nitrogens is 1. The Morgan fingerprint density at radius 1 is 0.758 bits per heavy atom. The van der Waals surface area contributed by atoms with Crippen LogP contribution in [0.2, 0.25) is 0 Å². The normalized spacial score (nSPS) is 19.0. The predicted molar refractivity (Wildman–Crippen MR) is 141 cm³/mol. The van der Waals surface area contributed by atoms with Crippen LogP contribution >= 0.6 is 11.8 Å². The first kappa shape index (κ1) is 19.0. The van der Waals surface area contributed by atoms with Crippen molar-refractivity contribution in [2.45, 2.75) is 23.0 Å². The molecule has 2 atom stereocenters. The third-order valence-electron chi connectivity index (χ3n) is 6.99. The quantitative estimate of drug-likeness (QED) is 0.267. The number of para-hydroxylation sites is 1. The van der Waals surface area contributed by atoms with Gasteiger partial charge in [0.1, 0.15) is 0 Å². The van der Waals surface area contributed by atoms with Crippen molar-refractivity contribution in [1.29, 1.82) is 0 Å². The van der Waals surface area contributed by atoms with E-state index in [1.54, 1.807) is 0 Å². The molecular weight excluding hydrogens is 418 g/mol. The highest BCUT2D eigenvalue weighted by Crippen LogP contribution is 2.49. The summed E-state index contributed by atoms with van der Waals surface area (Å²) in [4.78, 5) is 1.42. The molecule has 7 rings (SSSR count). The Kier molecular flexibility index (Phi) is 4.19. The van der Waals surface area contributed by atoms with E-state index in [9.17, 15) is 0 Å². The van der Waals surface area contributed by atoms with Crippen molar-refractivity contribution in [2.24, 2.45) is 0 Å². The molecule has 158 valence electrons. The van der Waals surface area contributed by atoms with Crippen molar-refractivity contribution in [3.05, 3.63) is 126 Å². The Morgan fingerprint density at radius 2 is 1.52 bits per heavy atom. The highest BCUT2D eigenvalue weighted by Gasteiger charge is 2.32. The van der Waals surface area contributed by atoms with Gasteiger partial charge in [0.05, 0.1) is 11.0 Å². The van der Waals surface area contributed by atoms with Crippen LogP contribution < -0.4 is 0 Å². The van der Waals surface area contributed by atoms with Crippen molar-refractivity contribution in [3.63, 3.8) is 0 Å². The van der Waals surface area contributed by atoms with E-state index >= 15 is 0 Å². The fourth-order valence-corrected chi connectivity index (χ4v) is 6.74. The third-order valence-corrected chi connectivity index (χ3v) is 8.34. The Bertz CT molecular complexity index is 1600. The number of nitrogens with zero attached hydrogens (tertiary/aromatic N) is 1. The van der Waals surface area contributed by atoms with Crippen LogP contribution in [0.3, 0.4) is 0 Å².